The lowest BCUT2D eigenvalue weighted by Gasteiger charge is -2.29. The van der Waals surface area contributed by atoms with Gasteiger partial charge in [-0.2, -0.15) is 0 Å². The number of piperidine rings is 1. The second-order valence-electron chi connectivity index (χ2n) is 4.49. The van der Waals surface area contributed by atoms with Crippen molar-refractivity contribution in [3.63, 3.8) is 0 Å². The highest BCUT2D eigenvalue weighted by Gasteiger charge is 2.23. The highest BCUT2D eigenvalue weighted by Crippen LogP contribution is 2.14. The summed E-state index contributed by atoms with van der Waals surface area (Å²) >= 11 is 0. The molecule has 0 unspecified atom stereocenters. The van der Waals surface area contributed by atoms with Crippen LogP contribution in [0.25, 0.3) is 10.4 Å². The van der Waals surface area contributed by atoms with Gasteiger partial charge in [0.25, 0.3) is 0 Å². The number of likely N-dealkylation sites (tertiary alicyclic amines) is 1. The van der Waals surface area contributed by atoms with Crippen molar-refractivity contribution >= 4 is 6.09 Å². The third-order valence-electron chi connectivity index (χ3n) is 3.07. The van der Waals surface area contributed by atoms with Crippen molar-refractivity contribution in [3.8, 4) is 0 Å². The zero-order valence-corrected chi connectivity index (χ0v) is 10.6. The summed E-state index contributed by atoms with van der Waals surface area (Å²) in [6.07, 6.45) is 1.32. The van der Waals surface area contributed by atoms with Crippen molar-refractivity contribution in [2.45, 2.75) is 25.5 Å². The SMILES string of the molecule is [N-]=[N+]=N[C@@H]1CCCN(C(=O)OCc2ccccc2)C1. The summed E-state index contributed by atoms with van der Waals surface area (Å²) in [5.74, 6) is 0. The predicted octanol–water partition coefficient (Wildman–Crippen LogP) is 3.10. The second kappa shape index (κ2) is 6.66. The van der Waals surface area contributed by atoms with E-state index in [2.05, 4.69) is 10.0 Å². The van der Waals surface area contributed by atoms with E-state index in [1.165, 1.54) is 0 Å². The van der Waals surface area contributed by atoms with Crippen LogP contribution in [0.3, 0.4) is 0 Å². The first-order chi connectivity index (χ1) is 9.29. The molecule has 100 valence electrons. The van der Waals surface area contributed by atoms with Gasteiger partial charge in [-0.1, -0.05) is 35.4 Å². The lowest BCUT2D eigenvalue weighted by Crippen LogP contribution is -2.41. The molecule has 1 heterocycles. The normalized spacial score (nSPS) is 18.5. The first kappa shape index (κ1) is 13.2. The number of hydrogen-bond acceptors (Lipinski definition) is 3. The maximum atomic E-state index is 11.9. The summed E-state index contributed by atoms with van der Waals surface area (Å²) in [6, 6.07) is 9.41. The molecular formula is C13H16N4O2. The van der Waals surface area contributed by atoms with E-state index in [-0.39, 0.29) is 18.7 Å². The van der Waals surface area contributed by atoms with E-state index in [0.29, 0.717) is 13.1 Å². The molecule has 0 aromatic heterocycles. The molecule has 1 aliphatic heterocycles. The quantitative estimate of drug-likeness (QED) is 0.475. The van der Waals surface area contributed by atoms with Crippen molar-refractivity contribution in [1.82, 2.24) is 4.90 Å². The molecule has 0 spiro atoms. The third-order valence-corrected chi connectivity index (χ3v) is 3.07. The molecule has 19 heavy (non-hydrogen) atoms. The summed E-state index contributed by atoms with van der Waals surface area (Å²) in [5, 5.41) is 3.67. The first-order valence-corrected chi connectivity index (χ1v) is 6.29. The van der Waals surface area contributed by atoms with Gasteiger partial charge in [0.2, 0.25) is 0 Å². The Morgan fingerprint density at radius 2 is 2.26 bits per heavy atom. The van der Waals surface area contributed by atoms with Gasteiger partial charge in [-0.15, -0.1) is 0 Å². The molecule has 1 aliphatic rings. The van der Waals surface area contributed by atoms with Crippen molar-refractivity contribution in [2.75, 3.05) is 13.1 Å². The fraction of sp³-hybridized carbons (Fsp3) is 0.462. The van der Waals surface area contributed by atoms with Gasteiger partial charge in [0.05, 0.1) is 6.04 Å². The number of ether oxygens (including phenoxy) is 1. The van der Waals surface area contributed by atoms with Crippen LogP contribution in [0.5, 0.6) is 0 Å². The Bertz CT molecular complexity index is 471. The predicted molar refractivity (Wildman–Crippen MR) is 70.4 cm³/mol. The summed E-state index contributed by atoms with van der Waals surface area (Å²) in [5.41, 5.74) is 9.38. The molecule has 1 atom stereocenters. The van der Waals surface area contributed by atoms with Gasteiger partial charge in [-0.25, -0.2) is 4.79 Å². The van der Waals surface area contributed by atoms with Crippen LogP contribution in [-0.2, 0) is 11.3 Å². The molecule has 6 heteroatoms. The Hall–Kier alpha value is -2.20. The number of carbonyl (C=O) groups excluding carboxylic acids is 1. The highest BCUT2D eigenvalue weighted by atomic mass is 16.6. The number of carbonyl (C=O) groups is 1. The molecule has 2 rings (SSSR count). The smallest absolute Gasteiger partial charge is 0.410 e. The van der Waals surface area contributed by atoms with Crippen LogP contribution >= 0.6 is 0 Å². The largest absolute Gasteiger partial charge is 0.445 e. The van der Waals surface area contributed by atoms with E-state index in [1.807, 2.05) is 30.3 Å². The van der Waals surface area contributed by atoms with E-state index in [4.69, 9.17) is 10.3 Å². The van der Waals surface area contributed by atoms with Gasteiger partial charge >= 0.3 is 6.09 Å². The fourth-order valence-electron chi connectivity index (χ4n) is 2.10. The van der Waals surface area contributed by atoms with Gasteiger partial charge < -0.3 is 9.64 Å². The lowest BCUT2D eigenvalue weighted by molar-refractivity contribution is 0.0863. The first-order valence-electron chi connectivity index (χ1n) is 6.29. The van der Waals surface area contributed by atoms with Gasteiger partial charge in [0, 0.05) is 18.0 Å². The molecule has 1 saturated heterocycles. The molecule has 0 bridgehead atoms. The highest BCUT2D eigenvalue weighted by molar-refractivity contribution is 5.67. The Labute approximate surface area is 111 Å². The zero-order chi connectivity index (χ0) is 13.5. The monoisotopic (exact) mass is 260 g/mol. The molecule has 1 amide bonds. The fourth-order valence-corrected chi connectivity index (χ4v) is 2.10. The second-order valence-corrected chi connectivity index (χ2v) is 4.49. The van der Waals surface area contributed by atoms with E-state index < -0.39 is 0 Å². The molecule has 0 aliphatic carbocycles. The molecule has 1 aromatic rings. The Morgan fingerprint density at radius 1 is 1.47 bits per heavy atom. The molecule has 0 radical (unpaired) electrons. The minimum atomic E-state index is -0.346. The minimum Gasteiger partial charge on any atom is -0.445 e. The maximum Gasteiger partial charge on any atom is 0.410 e. The van der Waals surface area contributed by atoms with Crippen LogP contribution in [0, 0.1) is 0 Å². The van der Waals surface area contributed by atoms with Crippen molar-refractivity contribution in [2.24, 2.45) is 5.11 Å². The average Bonchev–Trinajstić information content (AvgIpc) is 2.46. The lowest BCUT2D eigenvalue weighted by atomic mass is 10.1. The van der Waals surface area contributed by atoms with Gasteiger partial charge in [-0.05, 0) is 23.9 Å². The molecule has 0 N–H and O–H groups in total. The van der Waals surface area contributed by atoms with Gasteiger partial charge in [0.15, 0.2) is 0 Å². The number of amides is 1. The molecule has 0 saturated carbocycles. The number of azide groups is 1. The number of nitrogens with zero attached hydrogens (tertiary/aromatic N) is 4. The van der Waals surface area contributed by atoms with E-state index in [0.717, 1.165) is 18.4 Å². The minimum absolute atomic E-state index is 0.136. The van der Waals surface area contributed by atoms with E-state index >= 15 is 0 Å². The average molecular weight is 260 g/mol. The number of hydrogen-bond donors (Lipinski definition) is 0. The van der Waals surface area contributed by atoms with Crippen LogP contribution in [0.4, 0.5) is 4.79 Å². The molecule has 1 fully saturated rings. The van der Waals surface area contributed by atoms with Gasteiger partial charge in [0.1, 0.15) is 6.61 Å². The summed E-state index contributed by atoms with van der Waals surface area (Å²) in [6.45, 7) is 1.37. The van der Waals surface area contributed by atoms with Crippen LogP contribution < -0.4 is 0 Å². The third kappa shape index (κ3) is 3.89. The summed E-state index contributed by atoms with van der Waals surface area (Å²) in [4.78, 5) is 16.3. The number of benzene rings is 1. The van der Waals surface area contributed by atoms with Crippen LogP contribution in [-0.4, -0.2) is 30.1 Å². The molecule has 1 aromatic carbocycles. The van der Waals surface area contributed by atoms with Crippen LogP contribution in [0.1, 0.15) is 18.4 Å². The van der Waals surface area contributed by atoms with Crippen molar-refractivity contribution in [1.29, 1.82) is 0 Å². The summed E-state index contributed by atoms with van der Waals surface area (Å²) in [7, 11) is 0. The standard InChI is InChI=1S/C13H16N4O2/c14-16-15-12-7-4-8-17(9-12)13(18)19-10-11-5-2-1-3-6-11/h1-3,5-6,12H,4,7-10H2/t12-/m1/s1. The van der Waals surface area contributed by atoms with Crippen LogP contribution in [0.15, 0.2) is 35.4 Å². The van der Waals surface area contributed by atoms with Crippen molar-refractivity contribution in [3.05, 3.63) is 46.3 Å². The number of rotatable bonds is 3. The van der Waals surface area contributed by atoms with E-state index in [1.54, 1.807) is 4.90 Å². The maximum absolute atomic E-state index is 11.9. The van der Waals surface area contributed by atoms with Crippen LogP contribution in [0.2, 0.25) is 0 Å². The van der Waals surface area contributed by atoms with E-state index in [9.17, 15) is 4.79 Å². The molecular weight excluding hydrogens is 244 g/mol. The Kier molecular flexibility index (Phi) is 4.64. The topological polar surface area (TPSA) is 78.3 Å². The zero-order valence-electron chi connectivity index (χ0n) is 10.6. The molecule has 6 nitrogen and oxygen atoms in total. The summed E-state index contributed by atoms with van der Waals surface area (Å²) < 4.78 is 5.25. The Morgan fingerprint density at radius 3 is 3.00 bits per heavy atom. The van der Waals surface area contributed by atoms with Crippen molar-refractivity contribution < 1.29 is 9.53 Å². The Balaban J connectivity index is 1.84. The van der Waals surface area contributed by atoms with Gasteiger partial charge in [-0.3, -0.25) is 0 Å².